The van der Waals surface area contributed by atoms with E-state index in [9.17, 15) is 26.3 Å². The molecule has 0 fully saturated rings. The van der Waals surface area contributed by atoms with Gasteiger partial charge in [-0.2, -0.15) is 18.3 Å². The van der Waals surface area contributed by atoms with Gasteiger partial charge in [0.15, 0.2) is 0 Å². The fraction of sp³-hybridized carbons (Fsp3) is 0.120. The molecule has 34 heavy (non-hydrogen) atoms. The zero-order chi connectivity index (χ0) is 24.5. The van der Waals surface area contributed by atoms with Crippen LogP contribution in [0.2, 0.25) is 0 Å². The Kier molecular flexibility index (Phi) is 6.28. The van der Waals surface area contributed by atoms with Crippen molar-refractivity contribution in [1.29, 1.82) is 0 Å². The van der Waals surface area contributed by atoms with E-state index in [0.29, 0.717) is 22.6 Å². The van der Waals surface area contributed by atoms with Gasteiger partial charge in [0.05, 0.1) is 11.8 Å². The lowest BCUT2D eigenvalue weighted by Gasteiger charge is -2.14. The van der Waals surface area contributed by atoms with E-state index in [1.807, 2.05) is 0 Å². The summed E-state index contributed by atoms with van der Waals surface area (Å²) in [6.07, 6.45) is -2.80. The van der Waals surface area contributed by atoms with Gasteiger partial charge in [0.2, 0.25) is 0 Å². The minimum atomic E-state index is -4.61. The molecular weight excluding hydrogens is 456 g/mol. The third-order valence-corrected chi connectivity index (χ3v) is 5.31. The Balaban J connectivity index is 1.68. The second kappa shape index (κ2) is 9.17. The quantitative estimate of drug-likeness (QED) is 0.113. The number of amidine groups is 1. The molecule has 0 radical (unpaired) electrons. The van der Waals surface area contributed by atoms with Gasteiger partial charge in [0.1, 0.15) is 23.3 Å². The first-order valence-corrected chi connectivity index (χ1v) is 10.1. The number of alkyl halides is 3. The van der Waals surface area contributed by atoms with Gasteiger partial charge in [0.25, 0.3) is 0 Å². The molecule has 4 aromatic carbocycles. The number of halogens is 6. The Hall–Kier alpha value is -3.88. The highest BCUT2D eigenvalue weighted by Gasteiger charge is 2.30. The predicted molar refractivity (Wildman–Crippen MR) is 120 cm³/mol. The number of hydrogen-bond acceptors (Lipinski definition) is 2. The number of aryl methyl sites for hydroxylation is 1. The molecule has 4 rings (SSSR count). The van der Waals surface area contributed by atoms with E-state index in [1.165, 1.54) is 42.6 Å². The Bertz CT molecular complexity index is 1420. The maximum absolute atomic E-state index is 14.5. The average Bonchev–Trinajstić information content (AvgIpc) is 2.78. The number of hydrogen-bond donors (Lipinski definition) is 1. The van der Waals surface area contributed by atoms with Crippen LogP contribution in [-0.4, -0.2) is 12.1 Å². The van der Waals surface area contributed by atoms with Gasteiger partial charge in [-0.3, -0.25) is 0 Å². The van der Waals surface area contributed by atoms with Crippen LogP contribution in [0.4, 0.5) is 26.3 Å². The summed E-state index contributed by atoms with van der Waals surface area (Å²) < 4.78 is 81.1. The molecule has 0 saturated carbocycles. The van der Waals surface area contributed by atoms with E-state index in [0.717, 1.165) is 18.2 Å². The Labute approximate surface area is 190 Å². The van der Waals surface area contributed by atoms with E-state index in [1.54, 1.807) is 0 Å². The number of nitrogens with zero attached hydrogens (tertiary/aromatic N) is 2. The molecule has 0 bridgehead atoms. The third kappa shape index (κ3) is 5.03. The summed E-state index contributed by atoms with van der Waals surface area (Å²) in [6.45, 7) is 0. The van der Waals surface area contributed by atoms with Crippen LogP contribution in [0.15, 0.2) is 70.9 Å². The molecule has 4 aromatic rings. The van der Waals surface area contributed by atoms with Gasteiger partial charge in [-0.15, -0.1) is 5.10 Å². The molecule has 0 aromatic heterocycles. The Morgan fingerprint density at radius 2 is 1.50 bits per heavy atom. The van der Waals surface area contributed by atoms with Gasteiger partial charge in [0, 0.05) is 17.9 Å². The number of fused-ring (bicyclic) bond motifs is 3. The highest BCUT2D eigenvalue weighted by Crippen LogP contribution is 2.36. The number of rotatable bonds is 5. The highest BCUT2D eigenvalue weighted by atomic mass is 19.4. The maximum atomic E-state index is 14.5. The lowest BCUT2D eigenvalue weighted by Crippen LogP contribution is -2.12. The van der Waals surface area contributed by atoms with Crippen molar-refractivity contribution in [3.63, 3.8) is 0 Å². The summed E-state index contributed by atoms with van der Waals surface area (Å²) in [7, 11) is 0. The fourth-order valence-electron chi connectivity index (χ4n) is 3.67. The molecule has 0 heterocycles. The molecule has 0 amide bonds. The molecule has 2 N–H and O–H groups in total. The van der Waals surface area contributed by atoms with E-state index < -0.39 is 23.4 Å². The van der Waals surface area contributed by atoms with E-state index in [2.05, 4.69) is 10.2 Å². The largest absolute Gasteiger partial charge is 0.416 e. The summed E-state index contributed by atoms with van der Waals surface area (Å²) in [5.74, 6) is -2.00. The minimum absolute atomic E-state index is 0.00747. The lowest BCUT2D eigenvalue weighted by molar-refractivity contribution is -0.137. The van der Waals surface area contributed by atoms with Crippen LogP contribution in [0.1, 0.15) is 23.1 Å². The van der Waals surface area contributed by atoms with Crippen LogP contribution in [0.25, 0.3) is 21.5 Å². The molecule has 0 saturated heterocycles. The first-order chi connectivity index (χ1) is 16.1. The molecule has 0 spiro atoms. The molecule has 0 aliphatic carbocycles. The molecule has 0 aliphatic rings. The SMILES string of the molecule is N/C(CCc1cc2c(F)cc(F)cc2c2cc(C(F)(F)F)ccc12)=N\N=C\c1ccc(F)cc1. The molecule has 3 nitrogen and oxygen atoms in total. The van der Waals surface area contributed by atoms with Crippen molar-refractivity contribution >= 4 is 33.6 Å². The molecule has 9 heteroatoms. The van der Waals surface area contributed by atoms with Crippen LogP contribution in [0, 0.1) is 17.5 Å². The monoisotopic (exact) mass is 473 g/mol. The van der Waals surface area contributed by atoms with Gasteiger partial charge in [-0.1, -0.05) is 18.2 Å². The average molecular weight is 473 g/mol. The van der Waals surface area contributed by atoms with Crippen molar-refractivity contribution < 1.29 is 26.3 Å². The second-order valence-corrected chi connectivity index (χ2v) is 7.66. The second-order valence-electron chi connectivity index (χ2n) is 7.66. The summed E-state index contributed by atoms with van der Waals surface area (Å²) >= 11 is 0. The van der Waals surface area contributed by atoms with Gasteiger partial charge < -0.3 is 5.73 Å². The van der Waals surface area contributed by atoms with Crippen LogP contribution in [-0.2, 0) is 12.6 Å². The van der Waals surface area contributed by atoms with Crippen LogP contribution < -0.4 is 5.73 Å². The van der Waals surface area contributed by atoms with Crippen LogP contribution in [0.3, 0.4) is 0 Å². The van der Waals surface area contributed by atoms with E-state index in [-0.39, 0.29) is 40.7 Å². The van der Waals surface area contributed by atoms with Crippen molar-refractivity contribution in [3.8, 4) is 0 Å². The van der Waals surface area contributed by atoms with Gasteiger partial charge >= 0.3 is 6.18 Å². The van der Waals surface area contributed by atoms with Crippen LogP contribution >= 0.6 is 0 Å². The lowest BCUT2D eigenvalue weighted by atomic mass is 9.93. The maximum Gasteiger partial charge on any atom is 0.416 e. The predicted octanol–water partition coefficient (Wildman–Crippen LogP) is 6.75. The normalized spacial score (nSPS) is 12.8. The molecule has 0 unspecified atom stereocenters. The fourth-order valence-corrected chi connectivity index (χ4v) is 3.67. The standard InChI is InChI=1S/C25H17F6N3/c26-17-5-1-14(2-6-17)13-33-34-24(32)8-3-15-9-22-21(11-18(27)12-23(22)28)20-10-16(25(29,30)31)4-7-19(15)20/h1-2,4-7,9-13H,3,8H2,(H2,32,34)/b33-13+. The van der Waals surface area contributed by atoms with Crippen molar-refractivity contribution in [2.24, 2.45) is 15.9 Å². The smallest absolute Gasteiger partial charge is 0.386 e. The number of benzene rings is 4. The first-order valence-electron chi connectivity index (χ1n) is 10.1. The topological polar surface area (TPSA) is 50.7 Å². The summed E-state index contributed by atoms with van der Waals surface area (Å²) in [4.78, 5) is 0. The van der Waals surface area contributed by atoms with Crippen molar-refractivity contribution in [3.05, 3.63) is 94.8 Å². The van der Waals surface area contributed by atoms with Crippen molar-refractivity contribution in [2.45, 2.75) is 19.0 Å². The molecule has 0 atom stereocenters. The molecule has 0 aliphatic heterocycles. The highest BCUT2D eigenvalue weighted by molar-refractivity contribution is 6.09. The van der Waals surface area contributed by atoms with Crippen LogP contribution in [0.5, 0.6) is 0 Å². The molecular formula is C25H17F6N3. The summed E-state index contributed by atoms with van der Waals surface area (Å²) in [6, 6.07) is 11.9. The zero-order valence-electron chi connectivity index (χ0n) is 17.5. The van der Waals surface area contributed by atoms with Gasteiger partial charge in [-0.25, -0.2) is 13.2 Å². The van der Waals surface area contributed by atoms with Gasteiger partial charge in [-0.05, 0) is 70.1 Å². The Morgan fingerprint density at radius 3 is 2.21 bits per heavy atom. The molecule has 174 valence electrons. The summed E-state index contributed by atoms with van der Waals surface area (Å²) in [5.41, 5.74) is 6.13. The van der Waals surface area contributed by atoms with Crippen molar-refractivity contribution in [1.82, 2.24) is 0 Å². The number of nitrogens with two attached hydrogens (primary N) is 1. The van der Waals surface area contributed by atoms with Crippen molar-refractivity contribution in [2.75, 3.05) is 0 Å². The summed E-state index contributed by atoms with van der Waals surface area (Å²) in [5, 5.41) is 8.29. The minimum Gasteiger partial charge on any atom is -0.386 e. The van der Waals surface area contributed by atoms with E-state index >= 15 is 0 Å². The first kappa shape index (κ1) is 23.3. The zero-order valence-corrected chi connectivity index (χ0v) is 17.5. The van der Waals surface area contributed by atoms with E-state index in [4.69, 9.17) is 5.73 Å². The Morgan fingerprint density at radius 1 is 0.794 bits per heavy atom. The third-order valence-electron chi connectivity index (χ3n) is 5.31.